The fourth-order valence-corrected chi connectivity index (χ4v) is 2.19. The van der Waals surface area contributed by atoms with E-state index < -0.39 is 5.97 Å². The molecule has 1 aliphatic heterocycles. The van der Waals surface area contributed by atoms with E-state index in [2.05, 4.69) is 20.4 Å². The lowest BCUT2D eigenvalue weighted by Gasteiger charge is -2.21. The Morgan fingerprint density at radius 1 is 1.53 bits per heavy atom. The summed E-state index contributed by atoms with van der Waals surface area (Å²) in [6.45, 7) is 8.61. The number of carbonyl (C=O) groups is 2. The molecule has 1 atom stereocenters. The molecule has 1 amide bonds. The largest absolute Gasteiger partial charge is 0.478 e. The number of amides is 1. The maximum Gasteiger partial charge on any atom is 0.332 e. The Morgan fingerprint density at radius 2 is 2.18 bits per heavy atom. The zero-order chi connectivity index (χ0) is 13.0. The van der Waals surface area contributed by atoms with Gasteiger partial charge in [-0.2, -0.15) is 0 Å². The third-order valence-corrected chi connectivity index (χ3v) is 3.48. The van der Waals surface area contributed by atoms with Crippen LogP contribution in [0.3, 0.4) is 0 Å². The maximum atomic E-state index is 11.8. The minimum Gasteiger partial charge on any atom is -0.478 e. The third-order valence-electron chi connectivity index (χ3n) is 3.48. The molecular weight excluding hydrogens is 218 g/mol. The lowest BCUT2D eigenvalue weighted by molar-refractivity contribution is -0.133. The van der Waals surface area contributed by atoms with Crippen molar-refractivity contribution in [3.05, 3.63) is 12.2 Å². The molecule has 1 N–H and O–H groups in total. The summed E-state index contributed by atoms with van der Waals surface area (Å²) in [7, 11) is 0. The van der Waals surface area contributed by atoms with Crippen LogP contribution in [0.5, 0.6) is 0 Å². The van der Waals surface area contributed by atoms with Crippen LogP contribution in [-0.2, 0) is 9.59 Å². The van der Waals surface area contributed by atoms with Crippen molar-refractivity contribution >= 4 is 11.9 Å². The van der Waals surface area contributed by atoms with Gasteiger partial charge < -0.3 is 10.0 Å². The highest BCUT2D eigenvalue weighted by Gasteiger charge is 2.25. The van der Waals surface area contributed by atoms with Gasteiger partial charge in [0.1, 0.15) is 0 Å². The molecule has 1 fully saturated rings. The molecule has 0 saturated carbocycles. The van der Waals surface area contributed by atoms with Crippen LogP contribution in [0, 0.1) is 11.8 Å². The summed E-state index contributed by atoms with van der Waals surface area (Å²) in [6.07, 6.45) is 2.39. The fraction of sp³-hybridized carbons (Fsp3) is 0.692. The average Bonchev–Trinajstić information content (AvgIpc) is 2.42. The van der Waals surface area contributed by atoms with Gasteiger partial charge in [-0.1, -0.05) is 20.4 Å². The van der Waals surface area contributed by atoms with Crippen molar-refractivity contribution in [3.63, 3.8) is 0 Å². The number of nitrogens with zero attached hydrogens (tertiary/aromatic N) is 1. The second kappa shape index (κ2) is 5.84. The number of aliphatic carboxylic acids is 1. The van der Waals surface area contributed by atoms with Gasteiger partial charge in [0.2, 0.25) is 5.91 Å². The van der Waals surface area contributed by atoms with Crippen LogP contribution in [0.1, 0.15) is 33.1 Å². The molecule has 0 radical (unpaired) electrons. The van der Waals surface area contributed by atoms with Crippen LogP contribution in [0.25, 0.3) is 0 Å². The summed E-state index contributed by atoms with van der Waals surface area (Å²) in [5.74, 6) is 0.158. The summed E-state index contributed by atoms with van der Waals surface area (Å²) >= 11 is 0. The van der Waals surface area contributed by atoms with Crippen molar-refractivity contribution in [2.75, 3.05) is 13.1 Å². The predicted octanol–water partition coefficient (Wildman–Crippen LogP) is 1.91. The fourth-order valence-electron chi connectivity index (χ4n) is 2.19. The minimum atomic E-state index is -1.03. The molecule has 4 nitrogen and oxygen atoms in total. The highest BCUT2D eigenvalue weighted by molar-refractivity contribution is 5.87. The van der Waals surface area contributed by atoms with E-state index in [4.69, 9.17) is 5.11 Å². The van der Waals surface area contributed by atoms with Crippen LogP contribution in [0.2, 0.25) is 0 Å². The van der Waals surface area contributed by atoms with Crippen molar-refractivity contribution in [2.24, 2.45) is 11.8 Å². The first kappa shape index (κ1) is 13.7. The van der Waals surface area contributed by atoms with E-state index in [0.29, 0.717) is 24.8 Å². The van der Waals surface area contributed by atoms with Crippen LogP contribution in [0.4, 0.5) is 0 Å². The molecule has 0 aromatic heterocycles. The van der Waals surface area contributed by atoms with E-state index in [0.717, 1.165) is 12.8 Å². The van der Waals surface area contributed by atoms with Crippen LogP contribution < -0.4 is 0 Å². The van der Waals surface area contributed by atoms with Gasteiger partial charge >= 0.3 is 5.97 Å². The van der Waals surface area contributed by atoms with E-state index in [1.54, 1.807) is 4.90 Å². The summed E-state index contributed by atoms with van der Waals surface area (Å²) in [5.41, 5.74) is 0.0846. The maximum absolute atomic E-state index is 11.8. The minimum absolute atomic E-state index is 0.0514. The second-order valence-corrected chi connectivity index (χ2v) is 5.06. The number of carbonyl (C=O) groups excluding carboxylic acids is 1. The van der Waals surface area contributed by atoms with Crippen molar-refractivity contribution < 1.29 is 14.7 Å². The number of rotatable bonds is 4. The number of likely N-dealkylation sites (tertiary alicyclic amines) is 1. The monoisotopic (exact) mass is 239 g/mol. The predicted molar refractivity (Wildman–Crippen MR) is 65.5 cm³/mol. The van der Waals surface area contributed by atoms with Gasteiger partial charge in [0.15, 0.2) is 0 Å². The van der Waals surface area contributed by atoms with E-state index in [-0.39, 0.29) is 18.0 Å². The molecule has 17 heavy (non-hydrogen) atoms. The molecule has 1 heterocycles. The van der Waals surface area contributed by atoms with E-state index in [1.807, 2.05) is 0 Å². The Hall–Kier alpha value is -1.32. The summed E-state index contributed by atoms with van der Waals surface area (Å²) in [4.78, 5) is 24.2. The van der Waals surface area contributed by atoms with Gasteiger partial charge in [-0.25, -0.2) is 4.79 Å². The number of hydrogen-bond donors (Lipinski definition) is 1. The normalized spacial score (nSPS) is 21.5. The smallest absolute Gasteiger partial charge is 0.332 e. The van der Waals surface area contributed by atoms with Crippen molar-refractivity contribution in [1.29, 1.82) is 0 Å². The van der Waals surface area contributed by atoms with Crippen molar-refractivity contribution in [1.82, 2.24) is 4.90 Å². The lowest BCUT2D eigenvalue weighted by Crippen LogP contribution is -2.33. The Kier molecular flexibility index (Phi) is 4.73. The van der Waals surface area contributed by atoms with Crippen LogP contribution in [-0.4, -0.2) is 35.0 Å². The van der Waals surface area contributed by atoms with Crippen LogP contribution in [0.15, 0.2) is 12.2 Å². The zero-order valence-corrected chi connectivity index (χ0v) is 10.6. The first-order valence-corrected chi connectivity index (χ1v) is 6.10. The highest BCUT2D eigenvalue weighted by Crippen LogP contribution is 2.25. The molecule has 96 valence electrons. The Labute approximate surface area is 102 Å². The van der Waals surface area contributed by atoms with Crippen molar-refractivity contribution in [2.45, 2.75) is 33.1 Å². The zero-order valence-electron chi connectivity index (χ0n) is 10.6. The molecule has 4 heteroatoms. The molecule has 0 bridgehead atoms. The SMILES string of the molecule is C=C(CN1CCC(C(C)C)CCC1=O)C(=O)O. The van der Waals surface area contributed by atoms with Gasteiger partial charge in [0, 0.05) is 18.5 Å². The summed E-state index contributed by atoms with van der Waals surface area (Å²) in [5, 5.41) is 8.77. The summed E-state index contributed by atoms with van der Waals surface area (Å²) in [6, 6.07) is 0. The van der Waals surface area contributed by atoms with E-state index in [1.165, 1.54) is 0 Å². The molecule has 0 aromatic carbocycles. The Bertz CT molecular complexity index is 323. The molecule has 0 aliphatic carbocycles. The van der Waals surface area contributed by atoms with Gasteiger partial charge in [0.05, 0.1) is 6.54 Å². The first-order valence-electron chi connectivity index (χ1n) is 6.10. The topological polar surface area (TPSA) is 57.6 Å². The molecule has 1 unspecified atom stereocenters. The number of carboxylic acid groups (broad SMARTS) is 1. The highest BCUT2D eigenvalue weighted by atomic mass is 16.4. The molecule has 0 aromatic rings. The number of carboxylic acids is 1. The van der Waals surface area contributed by atoms with Gasteiger partial charge in [-0.05, 0) is 24.7 Å². The second-order valence-electron chi connectivity index (χ2n) is 5.06. The van der Waals surface area contributed by atoms with Gasteiger partial charge in [-0.15, -0.1) is 0 Å². The molecular formula is C13H21NO3. The lowest BCUT2D eigenvalue weighted by atomic mass is 9.89. The summed E-state index contributed by atoms with van der Waals surface area (Å²) < 4.78 is 0. The first-order chi connectivity index (χ1) is 7.91. The van der Waals surface area contributed by atoms with Crippen molar-refractivity contribution in [3.8, 4) is 0 Å². The van der Waals surface area contributed by atoms with Gasteiger partial charge in [0.25, 0.3) is 0 Å². The van der Waals surface area contributed by atoms with Gasteiger partial charge in [-0.3, -0.25) is 4.79 Å². The Morgan fingerprint density at radius 3 is 2.71 bits per heavy atom. The molecule has 1 aliphatic rings. The molecule has 1 rings (SSSR count). The third kappa shape index (κ3) is 3.88. The Balaban J connectivity index is 2.59. The molecule has 1 saturated heterocycles. The number of hydrogen-bond acceptors (Lipinski definition) is 2. The standard InChI is InChI=1S/C13H21NO3/c1-9(2)11-4-5-12(15)14(7-6-11)8-10(3)13(16)17/h9,11H,3-8H2,1-2H3,(H,16,17). The van der Waals surface area contributed by atoms with Crippen LogP contribution >= 0.6 is 0 Å². The average molecular weight is 239 g/mol. The van der Waals surface area contributed by atoms with E-state index in [9.17, 15) is 9.59 Å². The quantitative estimate of drug-likeness (QED) is 0.762. The van der Waals surface area contributed by atoms with E-state index >= 15 is 0 Å². The molecule has 0 spiro atoms.